The van der Waals surface area contributed by atoms with Crippen LogP contribution in [0, 0.1) is 11.3 Å². The van der Waals surface area contributed by atoms with E-state index in [-0.39, 0.29) is 31.8 Å². The number of hydrogen-bond acceptors (Lipinski definition) is 2. The van der Waals surface area contributed by atoms with Crippen molar-refractivity contribution >= 4 is 5.78 Å². The lowest BCUT2D eigenvalue weighted by molar-refractivity contribution is -0.215. The van der Waals surface area contributed by atoms with Crippen molar-refractivity contribution in [2.24, 2.45) is 11.3 Å². The van der Waals surface area contributed by atoms with Crippen LogP contribution in [0.4, 0.5) is 13.2 Å². The summed E-state index contributed by atoms with van der Waals surface area (Å²) in [6.45, 7) is 3.83. The van der Waals surface area contributed by atoms with E-state index in [4.69, 9.17) is 0 Å². The highest BCUT2D eigenvalue weighted by atomic mass is 19.4. The lowest BCUT2D eigenvalue weighted by Crippen LogP contribution is -2.47. The van der Waals surface area contributed by atoms with Crippen LogP contribution in [0.3, 0.4) is 0 Å². The van der Waals surface area contributed by atoms with Crippen molar-refractivity contribution in [1.29, 1.82) is 0 Å². The van der Waals surface area contributed by atoms with Crippen LogP contribution < -0.4 is 5.32 Å². The lowest BCUT2D eigenvalue weighted by Gasteiger charge is -2.30. The van der Waals surface area contributed by atoms with Gasteiger partial charge in [-0.3, -0.25) is 4.79 Å². The normalized spacial score (nSPS) is 27.1. The molecule has 0 bridgehead atoms. The van der Waals surface area contributed by atoms with Crippen LogP contribution in [0.1, 0.15) is 39.5 Å². The summed E-state index contributed by atoms with van der Waals surface area (Å²) in [5.74, 6) is -0.608. The standard InChI is InChI=1S/C12H20F3NO/c1-3-4-9(2)7-10(17)11(12(13,14)15)5-6-16-8-11/h9,16H,3-8H2,1-2H3. The topological polar surface area (TPSA) is 29.1 Å². The molecule has 0 amide bonds. The summed E-state index contributed by atoms with van der Waals surface area (Å²) in [6.07, 6.45) is -2.82. The van der Waals surface area contributed by atoms with E-state index in [2.05, 4.69) is 5.32 Å². The van der Waals surface area contributed by atoms with Crippen LogP contribution in [0.2, 0.25) is 0 Å². The molecular weight excluding hydrogens is 231 g/mol. The van der Waals surface area contributed by atoms with Crippen molar-refractivity contribution in [2.45, 2.75) is 45.7 Å². The molecule has 0 aromatic rings. The van der Waals surface area contributed by atoms with E-state index in [0.717, 1.165) is 12.8 Å². The Morgan fingerprint density at radius 2 is 2.12 bits per heavy atom. The fraction of sp³-hybridized carbons (Fsp3) is 0.917. The zero-order valence-electron chi connectivity index (χ0n) is 10.4. The highest BCUT2D eigenvalue weighted by Crippen LogP contribution is 2.45. The maximum absolute atomic E-state index is 13.0. The molecule has 0 aromatic heterocycles. The second-order valence-corrected chi connectivity index (χ2v) is 5.03. The van der Waals surface area contributed by atoms with Gasteiger partial charge in [-0.2, -0.15) is 13.2 Å². The Balaban J connectivity index is 2.75. The molecule has 1 fully saturated rings. The van der Waals surface area contributed by atoms with Crippen LogP contribution in [0.15, 0.2) is 0 Å². The third-order valence-corrected chi connectivity index (χ3v) is 3.55. The van der Waals surface area contributed by atoms with Gasteiger partial charge in [-0.25, -0.2) is 0 Å². The molecule has 17 heavy (non-hydrogen) atoms. The molecule has 2 atom stereocenters. The summed E-state index contributed by atoms with van der Waals surface area (Å²) in [5.41, 5.74) is -2.13. The predicted octanol–water partition coefficient (Wildman–Crippen LogP) is 2.92. The molecule has 0 spiro atoms. The maximum atomic E-state index is 13.0. The van der Waals surface area contributed by atoms with Crippen LogP contribution in [0.5, 0.6) is 0 Å². The second kappa shape index (κ2) is 5.38. The smallest absolute Gasteiger partial charge is 0.315 e. The van der Waals surface area contributed by atoms with Gasteiger partial charge >= 0.3 is 6.18 Å². The zero-order chi connectivity index (χ0) is 13.1. The van der Waals surface area contributed by atoms with E-state index in [0.29, 0.717) is 0 Å². The van der Waals surface area contributed by atoms with Crippen LogP contribution in [0.25, 0.3) is 0 Å². The molecule has 5 heteroatoms. The Labute approximate surface area is 100.0 Å². The van der Waals surface area contributed by atoms with Crippen molar-refractivity contribution in [3.8, 4) is 0 Å². The van der Waals surface area contributed by atoms with Gasteiger partial charge < -0.3 is 5.32 Å². The molecule has 0 saturated carbocycles. The van der Waals surface area contributed by atoms with Crippen molar-refractivity contribution in [1.82, 2.24) is 5.32 Å². The molecule has 2 nitrogen and oxygen atoms in total. The minimum Gasteiger partial charge on any atom is -0.315 e. The molecule has 1 saturated heterocycles. The molecule has 1 heterocycles. The quantitative estimate of drug-likeness (QED) is 0.814. The SMILES string of the molecule is CCCC(C)CC(=O)C1(C(F)(F)F)CCNC1. The van der Waals surface area contributed by atoms with Crippen molar-refractivity contribution in [3.05, 3.63) is 0 Å². The zero-order valence-corrected chi connectivity index (χ0v) is 10.4. The maximum Gasteiger partial charge on any atom is 0.402 e. The van der Waals surface area contributed by atoms with Gasteiger partial charge in [0.2, 0.25) is 0 Å². The van der Waals surface area contributed by atoms with E-state index in [1.807, 2.05) is 13.8 Å². The number of Topliss-reactive ketones (excluding diaryl/α,β-unsaturated/α-hetero) is 1. The first-order chi connectivity index (χ1) is 7.83. The van der Waals surface area contributed by atoms with E-state index >= 15 is 0 Å². The summed E-state index contributed by atoms with van der Waals surface area (Å²) < 4.78 is 39.1. The van der Waals surface area contributed by atoms with E-state index in [9.17, 15) is 18.0 Å². The Kier molecular flexibility index (Phi) is 4.58. The Bertz CT molecular complexity index is 269. The molecule has 0 aliphatic carbocycles. The molecule has 0 aromatic carbocycles. The van der Waals surface area contributed by atoms with Gasteiger partial charge in [0.25, 0.3) is 0 Å². The van der Waals surface area contributed by atoms with Gasteiger partial charge in [-0.15, -0.1) is 0 Å². The van der Waals surface area contributed by atoms with E-state index in [1.165, 1.54) is 0 Å². The average Bonchev–Trinajstić information content (AvgIpc) is 2.66. The number of rotatable bonds is 5. The summed E-state index contributed by atoms with van der Waals surface area (Å²) >= 11 is 0. The summed E-state index contributed by atoms with van der Waals surface area (Å²) in [6, 6.07) is 0. The molecule has 0 radical (unpaired) electrons. The summed E-state index contributed by atoms with van der Waals surface area (Å²) in [4.78, 5) is 11.9. The highest BCUT2D eigenvalue weighted by Gasteiger charge is 2.60. The average molecular weight is 251 g/mol. The monoisotopic (exact) mass is 251 g/mol. The Hall–Kier alpha value is -0.580. The fourth-order valence-corrected chi connectivity index (χ4v) is 2.44. The first-order valence-electron chi connectivity index (χ1n) is 6.14. The molecule has 1 rings (SSSR count). The van der Waals surface area contributed by atoms with Crippen LogP contribution in [-0.4, -0.2) is 25.0 Å². The van der Waals surface area contributed by atoms with E-state index in [1.54, 1.807) is 0 Å². The highest BCUT2D eigenvalue weighted by molar-refractivity contribution is 5.86. The largest absolute Gasteiger partial charge is 0.402 e. The Morgan fingerprint density at radius 1 is 1.47 bits per heavy atom. The first kappa shape index (κ1) is 14.5. The molecule has 2 unspecified atom stereocenters. The minimum atomic E-state index is -4.43. The molecular formula is C12H20F3NO. The number of carbonyl (C=O) groups excluding carboxylic acids is 1. The number of alkyl halides is 3. The fourth-order valence-electron chi connectivity index (χ4n) is 2.44. The third kappa shape index (κ3) is 3.00. The predicted molar refractivity (Wildman–Crippen MR) is 59.7 cm³/mol. The number of halogens is 3. The number of nitrogens with one attached hydrogen (secondary N) is 1. The summed E-state index contributed by atoms with van der Waals surface area (Å²) in [5, 5.41) is 2.67. The third-order valence-electron chi connectivity index (χ3n) is 3.55. The summed E-state index contributed by atoms with van der Waals surface area (Å²) in [7, 11) is 0. The van der Waals surface area contributed by atoms with Crippen LogP contribution in [-0.2, 0) is 4.79 Å². The molecule has 100 valence electrons. The van der Waals surface area contributed by atoms with Gasteiger partial charge in [0.05, 0.1) is 0 Å². The first-order valence-corrected chi connectivity index (χ1v) is 6.14. The molecule has 1 aliphatic heterocycles. The van der Waals surface area contributed by atoms with Crippen molar-refractivity contribution in [2.75, 3.05) is 13.1 Å². The molecule has 1 aliphatic rings. The van der Waals surface area contributed by atoms with Gasteiger partial charge in [-0.05, 0) is 18.9 Å². The number of hydrogen-bond donors (Lipinski definition) is 1. The molecule has 1 N–H and O–H groups in total. The Morgan fingerprint density at radius 3 is 2.53 bits per heavy atom. The van der Waals surface area contributed by atoms with Crippen LogP contribution >= 0.6 is 0 Å². The number of carbonyl (C=O) groups is 1. The minimum absolute atomic E-state index is 0.0346. The van der Waals surface area contributed by atoms with Gasteiger partial charge in [-0.1, -0.05) is 26.7 Å². The second-order valence-electron chi connectivity index (χ2n) is 5.03. The van der Waals surface area contributed by atoms with Crippen molar-refractivity contribution < 1.29 is 18.0 Å². The van der Waals surface area contributed by atoms with Crippen molar-refractivity contribution in [3.63, 3.8) is 0 Å². The van der Waals surface area contributed by atoms with Gasteiger partial charge in [0.1, 0.15) is 11.2 Å². The van der Waals surface area contributed by atoms with Gasteiger partial charge in [0, 0.05) is 13.0 Å². The lowest BCUT2D eigenvalue weighted by atomic mass is 9.78. The van der Waals surface area contributed by atoms with Gasteiger partial charge in [0.15, 0.2) is 0 Å². The number of ketones is 1. The van der Waals surface area contributed by atoms with E-state index < -0.39 is 17.4 Å².